The third kappa shape index (κ3) is 3.05. The molecule has 26 heavy (non-hydrogen) atoms. The maximum atomic E-state index is 12.6. The number of amides is 2. The van der Waals surface area contributed by atoms with Crippen molar-refractivity contribution in [1.29, 1.82) is 0 Å². The van der Waals surface area contributed by atoms with Crippen LogP contribution < -0.4 is 15.0 Å². The van der Waals surface area contributed by atoms with Crippen LogP contribution in [0, 0.1) is 0 Å². The summed E-state index contributed by atoms with van der Waals surface area (Å²) in [6.45, 7) is 0.423. The average Bonchev–Trinajstić information content (AvgIpc) is 2.88. The van der Waals surface area contributed by atoms with Crippen LogP contribution in [0.5, 0.6) is 5.75 Å². The first kappa shape index (κ1) is 16.6. The number of carbonyl (C=O) groups is 2. The number of aryl methyl sites for hydroxylation is 1. The molecule has 7 nitrogen and oxygen atoms in total. The zero-order chi connectivity index (χ0) is 18.1. The molecule has 1 aromatic heterocycles. The molecule has 0 spiro atoms. The van der Waals surface area contributed by atoms with Crippen LogP contribution in [0.3, 0.4) is 0 Å². The first-order valence-electron chi connectivity index (χ1n) is 9.00. The van der Waals surface area contributed by atoms with Crippen molar-refractivity contribution < 1.29 is 14.3 Å². The van der Waals surface area contributed by atoms with E-state index in [-0.39, 0.29) is 18.4 Å². The van der Waals surface area contributed by atoms with Crippen LogP contribution in [0.4, 0.5) is 5.69 Å². The van der Waals surface area contributed by atoms with Crippen LogP contribution in [0.2, 0.25) is 0 Å². The Balaban J connectivity index is 1.48. The van der Waals surface area contributed by atoms with Gasteiger partial charge in [0, 0.05) is 18.3 Å². The zero-order valence-electron chi connectivity index (χ0n) is 14.8. The summed E-state index contributed by atoms with van der Waals surface area (Å²) in [6, 6.07) is 5.13. The van der Waals surface area contributed by atoms with Gasteiger partial charge in [0.2, 0.25) is 0 Å². The fourth-order valence-electron chi connectivity index (χ4n) is 3.55. The minimum Gasteiger partial charge on any atom is -0.482 e. The first-order chi connectivity index (χ1) is 12.6. The van der Waals surface area contributed by atoms with Gasteiger partial charge < -0.3 is 15.0 Å². The van der Waals surface area contributed by atoms with Gasteiger partial charge in [-0.25, -0.2) is 0 Å². The Morgan fingerprint density at radius 1 is 1.31 bits per heavy atom. The molecule has 136 valence electrons. The summed E-state index contributed by atoms with van der Waals surface area (Å²) in [4.78, 5) is 25.8. The second-order valence-corrected chi connectivity index (χ2v) is 6.79. The van der Waals surface area contributed by atoms with Gasteiger partial charge in [-0.15, -0.1) is 0 Å². The lowest BCUT2D eigenvalue weighted by Gasteiger charge is -2.26. The van der Waals surface area contributed by atoms with Gasteiger partial charge in [-0.2, -0.15) is 5.10 Å². The molecule has 4 rings (SSSR count). The van der Waals surface area contributed by atoms with Gasteiger partial charge in [-0.1, -0.05) is 6.42 Å². The molecule has 2 aliphatic rings. The molecule has 0 fully saturated rings. The van der Waals surface area contributed by atoms with Crippen LogP contribution in [0.25, 0.3) is 0 Å². The number of carbonyl (C=O) groups excluding carboxylic acids is 2. The van der Waals surface area contributed by atoms with Crippen LogP contribution in [0.15, 0.2) is 18.2 Å². The van der Waals surface area contributed by atoms with Gasteiger partial charge in [-0.05, 0) is 49.4 Å². The molecular formula is C19H22N4O3. The van der Waals surface area contributed by atoms with Gasteiger partial charge in [0.1, 0.15) is 5.75 Å². The van der Waals surface area contributed by atoms with Crippen molar-refractivity contribution in [3.05, 3.63) is 40.7 Å². The Hall–Kier alpha value is -2.83. The van der Waals surface area contributed by atoms with Crippen molar-refractivity contribution in [1.82, 2.24) is 15.5 Å². The molecule has 1 aliphatic carbocycles. The molecule has 2 aromatic rings. The van der Waals surface area contributed by atoms with Gasteiger partial charge in [0.25, 0.3) is 11.8 Å². The lowest BCUT2D eigenvalue weighted by molar-refractivity contribution is -0.120. The highest BCUT2D eigenvalue weighted by Crippen LogP contribution is 2.32. The van der Waals surface area contributed by atoms with Gasteiger partial charge in [-0.3, -0.25) is 14.7 Å². The number of benzene rings is 1. The number of nitrogens with zero attached hydrogens (tertiary/aromatic N) is 2. The monoisotopic (exact) mass is 354 g/mol. The Bertz CT molecular complexity index is 858. The van der Waals surface area contributed by atoms with Gasteiger partial charge >= 0.3 is 0 Å². The number of ether oxygens (including phenoxy) is 1. The van der Waals surface area contributed by atoms with Crippen LogP contribution in [0.1, 0.15) is 46.6 Å². The number of H-pyrrole nitrogens is 1. The Morgan fingerprint density at radius 3 is 3.04 bits per heavy atom. The molecule has 0 unspecified atom stereocenters. The Kier molecular flexibility index (Phi) is 4.36. The van der Waals surface area contributed by atoms with Crippen LogP contribution in [-0.4, -0.2) is 35.7 Å². The number of likely N-dealkylation sites (N-methyl/N-ethyl adjacent to an activating group) is 1. The predicted octanol–water partition coefficient (Wildman–Crippen LogP) is 1.96. The number of hydrogen-bond acceptors (Lipinski definition) is 4. The van der Waals surface area contributed by atoms with Crippen molar-refractivity contribution >= 4 is 17.5 Å². The fourth-order valence-corrected chi connectivity index (χ4v) is 3.55. The number of aromatic nitrogens is 2. The SMILES string of the molecule is CN1C(=O)COc2ccc(C(=O)NCc3n[nH]c4c3CCCCC4)cc21. The summed E-state index contributed by atoms with van der Waals surface area (Å²) in [5.41, 5.74) is 4.49. The van der Waals surface area contributed by atoms with Crippen molar-refractivity contribution in [2.45, 2.75) is 38.6 Å². The first-order valence-corrected chi connectivity index (χ1v) is 9.00. The lowest BCUT2D eigenvalue weighted by Crippen LogP contribution is -2.35. The molecule has 0 atom stereocenters. The van der Waals surface area contributed by atoms with E-state index in [4.69, 9.17) is 4.74 Å². The molecular weight excluding hydrogens is 332 g/mol. The number of nitrogens with one attached hydrogen (secondary N) is 2. The molecule has 0 bridgehead atoms. The van der Waals surface area contributed by atoms with Crippen LogP contribution >= 0.6 is 0 Å². The number of aromatic amines is 1. The van der Waals surface area contributed by atoms with E-state index in [2.05, 4.69) is 15.5 Å². The minimum atomic E-state index is -0.190. The molecule has 2 amide bonds. The molecule has 0 saturated heterocycles. The molecule has 7 heteroatoms. The fraction of sp³-hybridized carbons (Fsp3) is 0.421. The van der Waals surface area contributed by atoms with Gasteiger partial charge in [0.05, 0.1) is 17.9 Å². The number of anilines is 1. The predicted molar refractivity (Wildman–Crippen MR) is 96.4 cm³/mol. The second kappa shape index (κ2) is 6.82. The Labute approximate surface area is 151 Å². The highest BCUT2D eigenvalue weighted by Gasteiger charge is 2.23. The average molecular weight is 354 g/mol. The summed E-state index contributed by atoms with van der Waals surface area (Å²) in [5.74, 6) is 0.292. The summed E-state index contributed by atoms with van der Waals surface area (Å²) >= 11 is 0. The standard InChI is InChI=1S/C19H22N4O3/c1-23-16-9-12(7-8-17(16)26-11-18(23)24)19(25)20-10-15-13-5-3-2-4-6-14(13)21-22-15/h7-9H,2-6,10-11H2,1H3,(H,20,25)(H,21,22). The van der Waals surface area contributed by atoms with E-state index in [0.717, 1.165) is 18.5 Å². The molecule has 2 N–H and O–H groups in total. The van der Waals surface area contributed by atoms with E-state index in [1.807, 2.05) is 0 Å². The van der Waals surface area contributed by atoms with Crippen molar-refractivity contribution in [2.24, 2.45) is 0 Å². The molecule has 1 aliphatic heterocycles. The smallest absolute Gasteiger partial charge is 0.264 e. The van der Waals surface area contributed by atoms with E-state index in [1.165, 1.54) is 35.4 Å². The minimum absolute atomic E-state index is 0.0271. The topological polar surface area (TPSA) is 87.3 Å². The highest BCUT2D eigenvalue weighted by molar-refractivity contribution is 6.00. The van der Waals surface area contributed by atoms with E-state index in [1.54, 1.807) is 25.2 Å². The number of fused-ring (bicyclic) bond motifs is 2. The third-order valence-corrected chi connectivity index (χ3v) is 5.12. The van der Waals surface area contributed by atoms with Crippen molar-refractivity contribution in [2.75, 3.05) is 18.6 Å². The quantitative estimate of drug-likeness (QED) is 0.825. The Morgan fingerprint density at radius 2 is 2.15 bits per heavy atom. The zero-order valence-corrected chi connectivity index (χ0v) is 14.8. The van der Waals surface area contributed by atoms with E-state index in [9.17, 15) is 9.59 Å². The highest BCUT2D eigenvalue weighted by atomic mass is 16.5. The number of rotatable bonds is 3. The summed E-state index contributed by atoms with van der Waals surface area (Å²) in [7, 11) is 1.68. The lowest BCUT2D eigenvalue weighted by atomic mass is 10.1. The van der Waals surface area contributed by atoms with E-state index >= 15 is 0 Å². The normalized spacial score (nSPS) is 16.3. The summed E-state index contributed by atoms with van der Waals surface area (Å²) in [6.07, 6.45) is 5.63. The van der Waals surface area contributed by atoms with E-state index < -0.39 is 0 Å². The third-order valence-electron chi connectivity index (χ3n) is 5.12. The van der Waals surface area contributed by atoms with Crippen molar-refractivity contribution in [3.63, 3.8) is 0 Å². The van der Waals surface area contributed by atoms with Crippen molar-refractivity contribution in [3.8, 4) is 5.75 Å². The summed E-state index contributed by atoms with van der Waals surface area (Å²) in [5, 5.41) is 10.4. The summed E-state index contributed by atoms with van der Waals surface area (Å²) < 4.78 is 5.40. The van der Waals surface area contributed by atoms with Gasteiger partial charge in [0.15, 0.2) is 6.61 Å². The van der Waals surface area contributed by atoms with Crippen LogP contribution in [-0.2, 0) is 24.2 Å². The van der Waals surface area contributed by atoms with E-state index in [0.29, 0.717) is 23.5 Å². The number of hydrogen-bond donors (Lipinski definition) is 2. The maximum Gasteiger partial charge on any atom is 0.264 e. The molecule has 1 aromatic carbocycles. The molecule has 0 saturated carbocycles. The molecule has 0 radical (unpaired) electrons. The maximum absolute atomic E-state index is 12.6. The molecule has 2 heterocycles. The largest absolute Gasteiger partial charge is 0.482 e. The second-order valence-electron chi connectivity index (χ2n) is 6.79.